The number of anilines is 3. The Hall–Kier alpha value is -2.02. The van der Waals surface area contributed by atoms with Gasteiger partial charge in [0.25, 0.3) is 0 Å². The highest BCUT2D eigenvalue weighted by atomic mass is 35.5. The highest BCUT2D eigenvalue weighted by Gasteiger charge is 2.31. The average molecular weight is 345 g/mol. The van der Waals surface area contributed by atoms with Crippen molar-refractivity contribution in [1.82, 2.24) is 9.97 Å². The van der Waals surface area contributed by atoms with Crippen LogP contribution in [0.3, 0.4) is 0 Å². The molecule has 0 aliphatic carbocycles. The first kappa shape index (κ1) is 17.3. The molecule has 124 valence electrons. The molecule has 1 aromatic carbocycles. The monoisotopic (exact) mass is 344 g/mol. The average Bonchev–Trinajstić information content (AvgIpc) is 2.47. The fraction of sp³-hybridized carbons (Fsp3) is 0.333. The summed E-state index contributed by atoms with van der Waals surface area (Å²) in [6.07, 6.45) is -3.11. The van der Waals surface area contributed by atoms with Gasteiger partial charge in [-0.05, 0) is 24.1 Å². The van der Waals surface area contributed by atoms with E-state index >= 15 is 0 Å². The molecule has 2 aromatic rings. The molecular formula is C15H16ClF3N4. The van der Waals surface area contributed by atoms with Crippen LogP contribution in [0.5, 0.6) is 0 Å². The third kappa shape index (κ3) is 4.99. The third-order valence-corrected chi connectivity index (χ3v) is 3.24. The zero-order chi connectivity index (χ0) is 17.0. The molecule has 0 fully saturated rings. The first-order chi connectivity index (χ1) is 10.8. The van der Waals surface area contributed by atoms with Crippen LogP contribution in [0.25, 0.3) is 0 Å². The van der Waals surface area contributed by atoms with E-state index in [9.17, 15) is 13.2 Å². The summed E-state index contributed by atoms with van der Waals surface area (Å²) in [5.74, 6) is 1.37. The number of hydrogen-bond donors (Lipinski definition) is 2. The number of nitrogens with zero attached hydrogens (tertiary/aromatic N) is 2. The predicted octanol–water partition coefficient (Wildman–Crippen LogP) is 4.96. The van der Waals surface area contributed by atoms with E-state index in [2.05, 4.69) is 34.4 Å². The van der Waals surface area contributed by atoms with Crippen LogP contribution < -0.4 is 10.6 Å². The molecule has 0 spiro atoms. The Morgan fingerprint density at radius 3 is 2.48 bits per heavy atom. The number of benzene rings is 1. The van der Waals surface area contributed by atoms with Gasteiger partial charge in [-0.1, -0.05) is 25.4 Å². The summed E-state index contributed by atoms with van der Waals surface area (Å²) in [7, 11) is 0. The molecule has 0 saturated heterocycles. The maximum Gasteiger partial charge on any atom is 0.416 e. The Kier molecular flexibility index (Phi) is 5.30. The molecule has 0 amide bonds. The van der Waals surface area contributed by atoms with Gasteiger partial charge >= 0.3 is 6.18 Å². The van der Waals surface area contributed by atoms with E-state index in [4.69, 9.17) is 11.6 Å². The molecule has 0 unspecified atom stereocenters. The number of nitrogens with one attached hydrogen (secondary N) is 2. The van der Waals surface area contributed by atoms with Crippen molar-refractivity contribution in [2.75, 3.05) is 17.2 Å². The smallest absolute Gasteiger partial charge is 0.370 e. The minimum absolute atomic E-state index is 0.134. The molecule has 8 heteroatoms. The highest BCUT2D eigenvalue weighted by molar-refractivity contribution is 6.33. The van der Waals surface area contributed by atoms with E-state index < -0.39 is 11.7 Å². The van der Waals surface area contributed by atoms with Crippen molar-refractivity contribution in [3.63, 3.8) is 0 Å². The second-order valence-corrected chi connectivity index (χ2v) is 5.79. The molecule has 2 rings (SSSR count). The zero-order valence-corrected chi connectivity index (χ0v) is 13.3. The van der Waals surface area contributed by atoms with E-state index in [1.54, 1.807) is 6.07 Å². The van der Waals surface area contributed by atoms with Crippen LogP contribution in [0.15, 0.2) is 30.6 Å². The van der Waals surface area contributed by atoms with Crippen molar-refractivity contribution in [2.45, 2.75) is 20.0 Å². The summed E-state index contributed by atoms with van der Waals surface area (Å²) in [6.45, 7) is 4.83. The summed E-state index contributed by atoms with van der Waals surface area (Å²) in [6, 6.07) is 4.69. The van der Waals surface area contributed by atoms with Crippen molar-refractivity contribution in [1.29, 1.82) is 0 Å². The molecule has 4 nitrogen and oxygen atoms in total. The van der Waals surface area contributed by atoms with Crippen LogP contribution in [0.1, 0.15) is 19.4 Å². The highest BCUT2D eigenvalue weighted by Crippen LogP contribution is 2.34. The maximum atomic E-state index is 12.8. The lowest BCUT2D eigenvalue weighted by molar-refractivity contribution is -0.137. The summed E-state index contributed by atoms with van der Waals surface area (Å²) in [5, 5.41) is 6.08. The molecule has 0 bridgehead atoms. The van der Waals surface area contributed by atoms with Gasteiger partial charge in [-0.25, -0.2) is 9.97 Å². The molecule has 1 heterocycles. The summed E-state index contributed by atoms with van der Waals surface area (Å²) < 4.78 is 38.3. The van der Waals surface area contributed by atoms with Crippen LogP contribution in [-0.2, 0) is 6.18 Å². The largest absolute Gasteiger partial charge is 0.416 e. The summed E-state index contributed by atoms with van der Waals surface area (Å²) in [5.41, 5.74) is -0.647. The van der Waals surface area contributed by atoms with Crippen molar-refractivity contribution in [3.8, 4) is 0 Å². The number of aromatic nitrogens is 2. The minimum atomic E-state index is -4.43. The van der Waals surface area contributed by atoms with Gasteiger partial charge < -0.3 is 10.6 Å². The SMILES string of the molecule is CC(C)CNc1cc(Nc2cc(C(F)(F)F)ccc2Cl)ncn1. The Balaban J connectivity index is 2.20. The first-order valence-electron chi connectivity index (χ1n) is 6.95. The van der Waals surface area contributed by atoms with Gasteiger partial charge in [-0.15, -0.1) is 0 Å². The third-order valence-electron chi connectivity index (χ3n) is 2.91. The van der Waals surface area contributed by atoms with E-state index in [0.29, 0.717) is 17.6 Å². The Morgan fingerprint density at radius 2 is 1.83 bits per heavy atom. The molecule has 23 heavy (non-hydrogen) atoms. The second kappa shape index (κ2) is 7.04. The molecule has 0 saturated carbocycles. The van der Waals surface area contributed by atoms with Gasteiger partial charge in [0.05, 0.1) is 16.3 Å². The van der Waals surface area contributed by atoms with E-state index in [1.807, 2.05) is 0 Å². The van der Waals surface area contributed by atoms with Gasteiger partial charge in [0.15, 0.2) is 0 Å². The van der Waals surface area contributed by atoms with Crippen LogP contribution in [0.2, 0.25) is 5.02 Å². The van der Waals surface area contributed by atoms with Gasteiger partial charge in [-0.2, -0.15) is 13.2 Å². The molecule has 0 aliphatic heterocycles. The Morgan fingerprint density at radius 1 is 1.13 bits per heavy atom. The lowest BCUT2D eigenvalue weighted by Gasteiger charge is -2.13. The minimum Gasteiger partial charge on any atom is -0.370 e. The second-order valence-electron chi connectivity index (χ2n) is 5.38. The van der Waals surface area contributed by atoms with Gasteiger partial charge in [0.2, 0.25) is 0 Å². The molecule has 0 aliphatic rings. The standard InChI is InChI=1S/C15H16ClF3N4/c1-9(2)7-20-13-6-14(22-8-21-13)23-12-5-10(15(17,18)19)3-4-11(12)16/h3-6,8-9H,7H2,1-2H3,(H2,20,21,22,23). The topological polar surface area (TPSA) is 49.8 Å². The Bertz CT molecular complexity index is 674. The van der Waals surface area contributed by atoms with Gasteiger partial charge in [0, 0.05) is 12.6 Å². The van der Waals surface area contributed by atoms with Crippen molar-refractivity contribution >= 4 is 28.9 Å². The fourth-order valence-electron chi connectivity index (χ4n) is 1.77. The lowest BCUT2D eigenvalue weighted by atomic mass is 10.2. The van der Waals surface area contributed by atoms with Crippen molar-refractivity contribution in [2.24, 2.45) is 5.92 Å². The number of rotatable bonds is 5. The van der Waals surface area contributed by atoms with Crippen LogP contribution in [0, 0.1) is 5.92 Å². The Labute approximate surface area is 137 Å². The van der Waals surface area contributed by atoms with Crippen molar-refractivity contribution in [3.05, 3.63) is 41.2 Å². The maximum absolute atomic E-state index is 12.8. The van der Waals surface area contributed by atoms with Crippen LogP contribution in [-0.4, -0.2) is 16.5 Å². The van der Waals surface area contributed by atoms with Crippen molar-refractivity contribution < 1.29 is 13.2 Å². The fourth-order valence-corrected chi connectivity index (χ4v) is 1.93. The van der Waals surface area contributed by atoms with Gasteiger partial charge in [-0.3, -0.25) is 0 Å². The van der Waals surface area contributed by atoms with E-state index in [1.165, 1.54) is 12.4 Å². The number of hydrogen-bond acceptors (Lipinski definition) is 4. The first-order valence-corrected chi connectivity index (χ1v) is 7.33. The molecule has 1 aromatic heterocycles. The molecule has 0 atom stereocenters. The van der Waals surface area contributed by atoms with E-state index in [0.717, 1.165) is 18.7 Å². The summed E-state index contributed by atoms with van der Waals surface area (Å²) >= 11 is 5.95. The van der Waals surface area contributed by atoms with Crippen LogP contribution >= 0.6 is 11.6 Å². The normalized spacial score (nSPS) is 11.6. The molecule has 0 radical (unpaired) electrons. The predicted molar refractivity (Wildman–Crippen MR) is 85.1 cm³/mol. The molecule has 2 N–H and O–H groups in total. The van der Waals surface area contributed by atoms with E-state index in [-0.39, 0.29) is 10.7 Å². The number of alkyl halides is 3. The summed E-state index contributed by atoms with van der Waals surface area (Å²) in [4.78, 5) is 8.05. The van der Waals surface area contributed by atoms with Crippen LogP contribution in [0.4, 0.5) is 30.5 Å². The van der Waals surface area contributed by atoms with Gasteiger partial charge in [0.1, 0.15) is 18.0 Å². The number of halogens is 4. The molecular weight excluding hydrogens is 329 g/mol. The quantitative estimate of drug-likeness (QED) is 0.804. The lowest BCUT2D eigenvalue weighted by Crippen LogP contribution is -2.10. The zero-order valence-electron chi connectivity index (χ0n) is 12.6.